The largest absolute Gasteiger partial charge is 0.382 e. The van der Waals surface area contributed by atoms with E-state index in [1.54, 1.807) is 0 Å². The summed E-state index contributed by atoms with van der Waals surface area (Å²) >= 11 is 0. The van der Waals surface area contributed by atoms with Gasteiger partial charge in [-0.15, -0.1) is 0 Å². The van der Waals surface area contributed by atoms with Gasteiger partial charge in [0.25, 0.3) is 0 Å². The van der Waals surface area contributed by atoms with E-state index >= 15 is 0 Å². The normalized spacial score (nSPS) is 11.7. The molecule has 160 valence electrons. The average Bonchev–Trinajstić information content (AvgIpc) is 2.67. The maximum atomic E-state index is 12.0. The van der Waals surface area contributed by atoms with Gasteiger partial charge in [0.15, 0.2) is 5.78 Å². The summed E-state index contributed by atoms with van der Waals surface area (Å²) in [6.07, 6.45) is 20.4. The predicted octanol–water partition coefficient (Wildman–Crippen LogP) is 7.66. The molecule has 0 saturated heterocycles. The fourth-order valence-corrected chi connectivity index (χ4v) is 3.70. The number of carbonyl (C=O) groups is 1. The van der Waals surface area contributed by atoms with Crippen molar-refractivity contribution in [2.75, 3.05) is 0 Å². The van der Waals surface area contributed by atoms with Crippen LogP contribution in [-0.4, -0.2) is 16.5 Å². The number of unbranched alkanes of at least 4 members (excludes halogenated alkanes) is 13. The molecule has 0 fully saturated rings. The summed E-state index contributed by atoms with van der Waals surface area (Å²) in [6, 6.07) is 7.75. The molecule has 0 unspecified atom stereocenters. The molecule has 28 heavy (non-hydrogen) atoms. The first-order valence-electron chi connectivity index (χ1n) is 11.8. The van der Waals surface area contributed by atoms with Gasteiger partial charge in [-0.3, -0.25) is 4.79 Å². The van der Waals surface area contributed by atoms with E-state index in [1.807, 2.05) is 24.3 Å². The highest BCUT2D eigenvalue weighted by Gasteiger charge is 2.24. The molecule has 0 spiro atoms. The Kier molecular flexibility index (Phi) is 13.1. The number of carbonyl (C=O) groups excluding carboxylic acids is 1. The molecular formula is C26H44O2. The van der Waals surface area contributed by atoms with Crippen LogP contribution >= 0.6 is 0 Å². The molecular weight excluding hydrogens is 344 g/mol. The molecule has 0 aliphatic carbocycles. The molecule has 0 atom stereocenters. The van der Waals surface area contributed by atoms with Gasteiger partial charge in [-0.25, -0.2) is 0 Å². The molecule has 1 aromatic carbocycles. The van der Waals surface area contributed by atoms with E-state index in [4.69, 9.17) is 0 Å². The lowest BCUT2D eigenvalue weighted by molar-refractivity contribution is 0.0488. The van der Waals surface area contributed by atoms with Crippen molar-refractivity contribution in [2.45, 2.75) is 123 Å². The number of hydrogen-bond donors (Lipinski definition) is 1. The van der Waals surface area contributed by atoms with Gasteiger partial charge in [0.05, 0.1) is 0 Å². The molecule has 0 aliphatic rings. The van der Waals surface area contributed by atoms with E-state index in [0.717, 1.165) is 6.42 Å². The van der Waals surface area contributed by atoms with Crippen LogP contribution in [0.25, 0.3) is 0 Å². The van der Waals surface area contributed by atoms with Crippen LogP contribution < -0.4 is 0 Å². The fraction of sp³-hybridized carbons (Fsp3) is 0.731. The molecule has 2 nitrogen and oxygen atoms in total. The number of Topliss-reactive ketones (excluding diaryl/α,β-unsaturated/α-hetero) is 1. The third-order valence-corrected chi connectivity index (χ3v) is 5.59. The van der Waals surface area contributed by atoms with Crippen LogP contribution in [0, 0.1) is 0 Å². The molecule has 0 bridgehead atoms. The van der Waals surface area contributed by atoms with Crippen molar-refractivity contribution in [3.8, 4) is 0 Å². The van der Waals surface area contributed by atoms with Crippen LogP contribution in [0.5, 0.6) is 0 Å². The number of rotatable bonds is 17. The average molecular weight is 389 g/mol. The summed E-state index contributed by atoms with van der Waals surface area (Å²) in [7, 11) is 0. The maximum Gasteiger partial charge on any atom is 0.193 e. The molecule has 2 heteroatoms. The predicted molar refractivity (Wildman–Crippen MR) is 121 cm³/mol. The van der Waals surface area contributed by atoms with Gasteiger partial charge in [-0.2, -0.15) is 0 Å². The monoisotopic (exact) mass is 388 g/mol. The van der Waals surface area contributed by atoms with Gasteiger partial charge in [0.2, 0.25) is 0 Å². The lowest BCUT2D eigenvalue weighted by atomic mass is 9.95. The SMILES string of the molecule is CCCCCCCCCCCCCCCCc1ccc(C(=O)C(C)(C)O)cc1. The van der Waals surface area contributed by atoms with E-state index < -0.39 is 5.60 Å². The Bertz CT molecular complexity index is 510. The van der Waals surface area contributed by atoms with Crippen molar-refractivity contribution in [3.05, 3.63) is 35.4 Å². The van der Waals surface area contributed by atoms with Gasteiger partial charge in [-0.1, -0.05) is 115 Å². The standard InChI is InChI=1S/C26H44O2/c1-4-5-6-7-8-9-10-11-12-13-14-15-16-17-18-23-19-21-24(22-20-23)25(27)26(2,3)28/h19-22,28H,4-18H2,1-3H3. The zero-order chi connectivity index (χ0) is 20.7. The smallest absolute Gasteiger partial charge is 0.193 e. The second-order valence-corrected chi connectivity index (χ2v) is 8.93. The van der Waals surface area contributed by atoms with Gasteiger partial charge in [0, 0.05) is 5.56 Å². The Balaban J connectivity index is 1.97. The van der Waals surface area contributed by atoms with Crippen LogP contribution in [-0.2, 0) is 6.42 Å². The molecule has 1 N–H and O–H groups in total. The molecule has 0 saturated carbocycles. The van der Waals surface area contributed by atoms with Crippen LogP contribution in [0.3, 0.4) is 0 Å². The minimum atomic E-state index is -1.30. The lowest BCUT2D eigenvalue weighted by Crippen LogP contribution is -2.31. The van der Waals surface area contributed by atoms with Crippen molar-refractivity contribution >= 4 is 5.78 Å². The van der Waals surface area contributed by atoms with E-state index in [1.165, 1.54) is 109 Å². The summed E-state index contributed by atoms with van der Waals surface area (Å²) in [5.74, 6) is -0.212. The Morgan fingerprint density at radius 2 is 1.11 bits per heavy atom. The van der Waals surface area contributed by atoms with E-state index in [2.05, 4.69) is 6.92 Å². The quantitative estimate of drug-likeness (QED) is 0.220. The Labute approximate surface area is 174 Å². The van der Waals surface area contributed by atoms with Crippen LogP contribution in [0.2, 0.25) is 0 Å². The molecule has 1 rings (SSSR count). The van der Waals surface area contributed by atoms with Gasteiger partial charge in [0.1, 0.15) is 5.60 Å². The lowest BCUT2D eigenvalue weighted by Gasteiger charge is -2.15. The van der Waals surface area contributed by atoms with Crippen molar-refractivity contribution < 1.29 is 9.90 Å². The van der Waals surface area contributed by atoms with E-state index in [9.17, 15) is 9.90 Å². The topological polar surface area (TPSA) is 37.3 Å². The maximum absolute atomic E-state index is 12.0. The third kappa shape index (κ3) is 11.6. The number of aliphatic hydroxyl groups is 1. The van der Waals surface area contributed by atoms with E-state index in [0.29, 0.717) is 5.56 Å². The fourth-order valence-electron chi connectivity index (χ4n) is 3.70. The van der Waals surface area contributed by atoms with Gasteiger partial charge in [-0.05, 0) is 32.3 Å². The summed E-state index contributed by atoms with van der Waals surface area (Å²) in [5.41, 5.74) is 0.583. The Hall–Kier alpha value is -1.15. The molecule has 0 amide bonds. The zero-order valence-electron chi connectivity index (χ0n) is 18.8. The van der Waals surface area contributed by atoms with Crippen molar-refractivity contribution in [1.29, 1.82) is 0 Å². The molecule has 0 heterocycles. The molecule has 0 aromatic heterocycles. The van der Waals surface area contributed by atoms with Crippen molar-refractivity contribution in [3.63, 3.8) is 0 Å². The van der Waals surface area contributed by atoms with Crippen molar-refractivity contribution in [2.24, 2.45) is 0 Å². The Morgan fingerprint density at radius 1 is 0.714 bits per heavy atom. The van der Waals surface area contributed by atoms with Crippen LogP contribution in [0.4, 0.5) is 0 Å². The first-order chi connectivity index (χ1) is 13.4. The summed E-state index contributed by atoms with van der Waals surface area (Å²) in [5, 5.41) is 9.80. The first kappa shape index (κ1) is 24.9. The summed E-state index contributed by atoms with van der Waals surface area (Å²) in [4.78, 5) is 12.0. The molecule has 1 aromatic rings. The minimum absolute atomic E-state index is 0.212. The van der Waals surface area contributed by atoms with E-state index in [-0.39, 0.29) is 5.78 Å². The van der Waals surface area contributed by atoms with Gasteiger partial charge < -0.3 is 5.11 Å². The first-order valence-corrected chi connectivity index (χ1v) is 11.8. The minimum Gasteiger partial charge on any atom is -0.382 e. The number of benzene rings is 1. The second-order valence-electron chi connectivity index (χ2n) is 8.93. The Morgan fingerprint density at radius 3 is 1.50 bits per heavy atom. The van der Waals surface area contributed by atoms with Crippen LogP contribution in [0.15, 0.2) is 24.3 Å². The number of ketones is 1. The number of hydrogen-bond acceptors (Lipinski definition) is 2. The highest BCUT2D eigenvalue weighted by molar-refractivity contribution is 6.01. The molecule has 0 radical (unpaired) electrons. The zero-order valence-corrected chi connectivity index (χ0v) is 18.8. The van der Waals surface area contributed by atoms with Crippen LogP contribution in [0.1, 0.15) is 127 Å². The summed E-state index contributed by atoms with van der Waals surface area (Å²) < 4.78 is 0. The summed E-state index contributed by atoms with van der Waals surface area (Å²) in [6.45, 7) is 5.36. The number of aryl methyl sites for hydroxylation is 1. The van der Waals surface area contributed by atoms with Crippen molar-refractivity contribution in [1.82, 2.24) is 0 Å². The molecule has 0 aliphatic heterocycles. The third-order valence-electron chi connectivity index (χ3n) is 5.59. The van der Waals surface area contributed by atoms with Gasteiger partial charge >= 0.3 is 0 Å². The second kappa shape index (κ2) is 14.8. The highest BCUT2D eigenvalue weighted by atomic mass is 16.3. The highest BCUT2D eigenvalue weighted by Crippen LogP contribution is 2.16.